The van der Waals surface area contributed by atoms with Crippen LogP contribution in [0.25, 0.3) is 0 Å². The number of nitrogens with zero attached hydrogens (tertiary/aromatic N) is 5. The second-order valence-corrected chi connectivity index (χ2v) is 11.6. The number of carbonyl (C=O) groups excluding carboxylic acids is 1. The predicted molar refractivity (Wildman–Crippen MR) is 149 cm³/mol. The molecule has 1 aliphatic heterocycles. The zero-order chi connectivity index (χ0) is 28.7. The van der Waals surface area contributed by atoms with Crippen molar-refractivity contribution in [2.45, 2.75) is 57.9 Å². The van der Waals surface area contributed by atoms with Crippen LogP contribution in [0.4, 0.5) is 16.0 Å². The standard InChI is InChI=1S/C28H31ClFN7O3/c1-17-15-22(37(35-17)27(2,3)4)32-21-10-5-7-18(31-21)16-28(25-33-34-26(39)40-25)11-13-36(14-12-28)24(38)19-8-6-9-20(29)23(19)30/h5-10,15H,11-14,16H2,1-4H3,(H,31,32)(H,34,39). The molecule has 10 nitrogen and oxygen atoms in total. The Morgan fingerprint density at radius 1 is 1.20 bits per heavy atom. The summed E-state index contributed by atoms with van der Waals surface area (Å²) >= 11 is 5.89. The fourth-order valence-electron chi connectivity index (χ4n) is 5.13. The molecule has 0 radical (unpaired) electrons. The molecule has 210 valence electrons. The van der Waals surface area contributed by atoms with Crippen LogP contribution in [0.15, 0.2) is 51.7 Å². The van der Waals surface area contributed by atoms with E-state index in [0.29, 0.717) is 38.2 Å². The lowest BCUT2D eigenvalue weighted by molar-refractivity contribution is 0.0636. The third kappa shape index (κ3) is 5.51. The van der Waals surface area contributed by atoms with Gasteiger partial charge in [-0.2, -0.15) is 5.10 Å². The summed E-state index contributed by atoms with van der Waals surface area (Å²) in [7, 11) is 0. The number of halogens is 2. The Morgan fingerprint density at radius 3 is 2.60 bits per heavy atom. The van der Waals surface area contributed by atoms with Crippen molar-refractivity contribution in [3.63, 3.8) is 0 Å². The number of pyridine rings is 1. The lowest BCUT2D eigenvalue weighted by Crippen LogP contribution is -2.46. The fourth-order valence-corrected chi connectivity index (χ4v) is 5.30. The van der Waals surface area contributed by atoms with E-state index in [9.17, 15) is 14.0 Å². The highest BCUT2D eigenvalue weighted by Gasteiger charge is 2.42. The summed E-state index contributed by atoms with van der Waals surface area (Å²) in [5.74, 6) is -0.0931. The summed E-state index contributed by atoms with van der Waals surface area (Å²) in [5.41, 5.74) is 0.652. The zero-order valence-corrected chi connectivity index (χ0v) is 23.5. The van der Waals surface area contributed by atoms with Crippen molar-refractivity contribution >= 4 is 29.1 Å². The number of rotatable bonds is 6. The highest BCUT2D eigenvalue weighted by Crippen LogP contribution is 2.38. The number of aryl methyl sites for hydroxylation is 1. The first-order valence-corrected chi connectivity index (χ1v) is 13.4. The molecule has 0 unspecified atom stereocenters. The van der Waals surface area contributed by atoms with Crippen molar-refractivity contribution in [2.24, 2.45) is 0 Å². The van der Waals surface area contributed by atoms with E-state index < -0.39 is 22.9 Å². The molecule has 0 spiro atoms. The summed E-state index contributed by atoms with van der Waals surface area (Å²) in [6.45, 7) is 8.79. The lowest BCUT2D eigenvalue weighted by Gasteiger charge is -2.39. The summed E-state index contributed by atoms with van der Waals surface area (Å²) in [4.78, 5) is 31.4. The second-order valence-electron chi connectivity index (χ2n) is 11.2. The maximum Gasteiger partial charge on any atom is 0.434 e. The van der Waals surface area contributed by atoms with Crippen LogP contribution in [-0.4, -0.2) is 48.9 Å². The number of hydrogen-bond acceptors (Lipinski definition) is 7. The molecule has 0 saturated carbocycles. The van der Waals surface area contributed by atoms with E-state index in [0.717, 1.165) is 17.2 Å². The molecule has 5 rings (SSSR count). The minimum atomic E-state index is -0.735. The van der Waals surface area contributed by atoms with Crippen molar-refractivity contribution in [1.29, 1.82) is 0 Å². The minimum Gasteiger partial charge on any atom is -0.392 e. The fraction of sp³-hybridized carbons (Fsp3) is 0.393. The molecule has 12 heteroatoms. The number of piperidine rings is 1. The Bertz CT molecular complexity index is 1600. The number of aromatic nitrogens is 5. The van der Waals surface area contributed by atoms with Gasteiger partial charge >= 0.3 is 5.76 Å². The van der Waals surface area contributed by atoms with E-state index in [4.69, 9.17) is 21.0 Å². The molecular formula is C28H31ClFN7O3. The van der Waals surface area contributed by atoms with Gasteiger partial charge in [-0.1, -0.05) is 23.7 Å². The monoisotopic (exact) mass is 567 g/mol. The molecule has 4 heterocycles. The van der Waals surface area contributed by atoms with Crippen molar-refractivity contribution in [2.75, 3.05) is 18.4 Å². The van der Waals surface area contributed by atoms with Gasteiger partial charge in [-0.15, -0.1) is 5.10 Å². The van der Waals surface area contributed by atoms with E-state index >= 15 is 0 Å². The van der Waals surface area contributed by atoms with Gasteiger partial charge in [-0.3, -0.25) is 4.79 Å². The van der Waals surface area contributed by atoms with E-state index in [2.05, 4.69) is 41.4 Å². The first-order valence-electron chi connectivity index (χ1n) is 13.0. The smallest absolute Gasteiger partial charge is 0.392 e. The highest BCUT2D eigenvalue weighted by molar-refractivity contribution is 6.31. The predicted octanol–water partition coefficient (Wildman–Crippen LogP) is 4.97. The highest BCUT2D eigenvalue weighted by atomic mass is 35.5. The number of aromatic amines is 1. The first-order chi connectivity index (χ1) is 18.9. The van der Waals surface area contributed by atoms with Crippen LogP contribution >= 0.6 is 11.6 Å². The Labute approximate surface area is 235 Å². The molecule has 1 aliphatic rings. The molecule has 1 aromatic carbocycles. The van der Waals surface area contributed by atoms with E-state index in [1.807, 2.05) is 35.9 Å². The number of amides is 1. The Morgan fingerprint density at radius 2 is 1.93 bits per heavy atom. The lowest BCUT2D eigenvalue weighted by atomic mass is 9.74. The maximum atomic E-state index is 14.5. The topological polar surface area (TPSA) is 122 Å². The Balaban J connectivity index is 1.39. The van der Waals surface area contributed by atoms with Gasteiger partial charge in [0.15, 0.2) is 5.82 Å². The largest absolute Gasteiger partial charge is 0.434 e. The molecule has 1 fully saturated rings. The first kappa shape index (κ1) is 27.6. The maximum absolute atomic E-state index is 14.5. The molecule has 2 N–H and O–H groups in total. The quantitative estimate of drug-likeness (QED) is 0.337. The molecular weight excluding hydrogens is 537 g/mol. The number of nitrogens with one attached hydrogen (secondary N) is 2. The number of anilines is 2. The summed E-state index contributed by atoms with van der Waals surface area (Å²) < 4.78 is 21.9. The van der Waals surface area contributed by atoms with Crippen molar-refractivity contribution in [1.82, 2.24) is 29.9 Å². The van der Waals surface area contributed by atoms with Crippen molar-refractivity contribution < 1.29 is 13.6 Å². The normalized spacial score (nSPS) is 15.3. The van der Waals surface area contributed by atoms with Crippen LogP contribution in [-0.2, 0) is 17.4 Å². The molecule has 0 aliphatic carbocycles. The van der Waals surface area contributed by atoms with Crippen LogP contribution in [0.5, 0.6) is 0 Å². The van der Waals surface area contributed by atoms with Crippen molar-refractivity contribution in [3.8, 4) is 0 Å². The van der Waals surface area contributed by atoms with Crippen LogP contribution in [0.2, 0.25) is 5.02 Å². The van der Waals surface area contributed by atoms with Gasteiger partial charge in [0.2, 0.25) is 5.89 Å². The van der Waals surface area contributed by atoms with Crippen LogP contribution in [0.3, 0.4) is 0 Å². The van der Waals surface area contributed by atoms with E-state index in [-0.39, 0.29) is 22.0 Å². The Kier molecular flexibility index (Phi) is 7.26. The van der Waals surface area contributed by atoms with E-state index in [1.54, 1.807) is 11.0 Å². The van der Waals surface area contributed by atoms with Gasteiger partial charge in [0, 0.05) is 31.3 Å². The van der Waals surface area contributed by atoms with Gasteiger partial charge in [0.25, 0.3) is 5.91 Å². The average molecular weight is 568 g/mol. The number of likely N-dealkylation sites (tertiary alicyclic amines) is 1. The molecule has 3 aromatic heterocycles. The van der Waals surface area contributed by atoms with Crippen LogP contribution in [0.1, 0.15) is 61.2 Å². The summed E-state index contributed by atoms with van der Waals surface area (Å²) in [6.07, 6.45) is 1.29. The third-order valence-electron chi connectivity index (χ3n) is 7.13. The molecule has 1 saturated heterocycles. The molecule has 1 amide bonds. The molecule has 0 bridgehead atoms. The van der Waals surface area contributed by atoms with Gasteiger partial charge in [0.05, 0.1) is 27.2 Å². The van der Waals surface area contributed by atoms with Crippen LogP contribution < -0.4 is 11.1 Å². The summed E-state index contributed by atoms with van der Waals surface area (Å²) in [5, 5.41) is 14.4. The van der Waals surface area contributed by atoms with E-state index in [1.165, 1.54) is 12.1 Å². The molecule has 4 aromatic rings. The number of carbonyl (C=O) groups is 1. The molecule has 40 heavy (non-hydrogen) atoms. The van der Waals surface area contributed by atoms with Gasteiger partial charge in [0.1, 0.15) is 11.6 Å². The number of benzene rings is 1. The third-order valence-corrected chi connectivity index (χ3v) is 7.42. The molecule has 0 atom stereocenters. The van der Waals surface area contributed by atoms with Gasteiger partial charge in [-0.25, -0.2) is 23.9 Å². The number of hydrogen-bond donors (Lipinski definition) is 2. The average Bonchev–Trinajstić information content (AvgIpc) is 3.51. The zero-order valence-electron chi connectivity index (χ0n) is 22.8. The number of H-pyrrole nitrogens is 1. The second kappa shape index (κ2) is 10.5. The minimum absolute atomic E-state index is 0.0727. The summed E-state index contributed by atoms with van der Waals surface area (Å²) in [6, 6.07) is 12.0. The van der Waals surface area contributed by atoms with Gasteiger partial charge < -0.3 is 14.6 Å². The SMILES string of the molecule is Cc1cc(Nc2cccc(CC3(c4n[nH]c(=O)o4)CCN(C(=O)c4cccc(Cl)c4F)CC3)n2)n(C(C)(C)C)n1. The Hall–Kier alpha value is -3.99. The van der Waals surface area contributed by atoms with Gasteiger partial charge in [-0.05, 0) is 64.8 Å². The van der Waals surface area contributed by atoms with Crippen LogP contribution in [0, 0.1) is 12.7 Å². The van der Waals surface area contributed by atoms with Crippen molar-refractivity contribution in [3.05, 3.63) is 86.7 Å².